The van der Waals surface area contributed by atoms with Gasteiger partial charge in [-0.1, -0.05) is 77.9 Å². The van der Waals surface area contributed by atoms with Crippen LogP contribution in [-0.4, -0.2) is 0 Å². The molecule has 3 rings (SSSR count). The van der Waals surface area contributed by atoms with E-state index >= 15 is 0 Å². The molecule has 0 radical (unpaired) electrons. The maximum absolute atomic E-state index is 13.7. The molecule has 0 bridgehead atoms. The maximum Gasteiger partial charge on any atom is 0.647 e. The summed E-state index contributed by atoms with van der Waals surface area (Å²) in [6.45, 7) is 12.7. The van der Waals surface area contributed by atoms with Gasteiger partial charge in [0.05, 0.1) is 0 Å². The second kappa shape index (κ2) is 11.4. The van der Waals surface area contributed by atoms with Gasteiger partial charge in [0, 0.05) is 0 Å². The normalized spacial score (nSPS) is 11.4. The third kappa shape index (κ3) is 7.38. The van der Waals surface area contributed by atoms with Crippen LogP contribution < -0.4 is 19.7 Å². The molecule has 0 aliphatic carbocycles. The lowest BCUT2D eigenvalue weighted by Crippen LogP contribution is -2.08. The summed E-state index contributed by atoms with van der Waals surface area (Å²) in [5, 5.41) is 0. The van der Waals surface area contributed by atoms with Crippen molar-refractivity contribution in [1.29, 1.82) is 0 Å². The predicted octanol–water partition coefficient (Wildman–Crippen LogP) is 8.86. The van der Waals surface area contributed by atoms with Crippen LogP contribution in [0.1, 0.15) is 76.0 Å². The summed E-state index contributed by atoms with van der Waals surface area (Å²) < 4.78 is 31.1. The lowest BCUT2D eigenvalue weighted by Gasteiger charge is -2.20. The smallest absolute Gasteiger partial charge is 0.386 e. The van der Waals surface area contributed by atoms with Gasteiger partial charge in [0.25, 0.3) is 0 Å². The Hall–Kier alpha value is -2.75. The van der Waals surface area contributed by atoms with Gasteiger partial charge in [-0.2, -0.15) is 4.57 Å². The van der Waals surface area contributed by atoms with Crippen LogP contribution in [0.15, 0.2) is 72.8 Å². The molecule has 5 nitrogen and oxygen atoms in total. The minimum atomic E-state index is -4.00. The molecule has 0 spiro atoms. The molecule has 0 aromatic heterocycles. The Morgan fingerprint density at radius 2 is 0.697 bits per heavy atom. The van der Waals surface area contributed by atoms with Crippen LogP contribution in [0.25, 0.3) is 0 Å². The third-order valence-corrected chi connectivity index (χ3v) is 6.60. The molecule has 0 atom stereocenters. The van der Waals surface area contributed by atoms with Crippen LogP contribution >= 0.6 is 7.82 Å². The van der Waals surface area contributed by atoms with Crippen molar-refractivity contribution in [2.45, 2.75) is 59.3 Å². The second-order valence-electron chi connectivity index (χ2n) is 8.89. The highest BCUT2D eigenvalue weighted by molar-refractivity contribution is 7.49. The zero-order valence-corrected chi connectivity index (χ0v) is 21.3. The Morgan fingerprint density at radius 1 is 0.485 bits per heavy atom. The van der Waals surface area contributed by atoms with Crippen molar-refractivity contribution in [3.8, 4) is 17.2 Å². The van der Waals surface area contributed by atoms with Crippen molar-refractivity contribution >= 4 is 7.82 Å². The Morgan fingerprint density at radius 3 is 0.879 bits per heavy atom. The highest BCUT2D eigenvalue weighted by Crippen LogP contribution is 2.50. The molecule has 0 fully saturated rings. The van der Waals surface area contributed by atoms with E-state index in [1.807, 2.05) is 36.4 Å². The predicted molar refractivity (Wildman–Crippen MR) is 136 cm³/mol. The van der Waals surface area contributed by atoms with Gasteiger partial charge in [-0.3, -0.25) is 0 Å². The molecule has 0 aliphatic heterocycles. The Balaban J connectivity index is 0.00000385. The van der Waals surface area contributed by atoms with E-state index < -0.39 is 7.82 Å². The quantitative estimate of drug-likeness (QED) is 0.317. The molecule has 0 heterocycles. The number of benzene rings is 3. The van der Waals surface area contributed by atoms with Crippen LogP contribution in [0.5, 0.6) is 17.2 Å². The molecule has 0 saturated heterocycles. The molecule has 33 heavy (non-hydrogen) atoms. The van der Waals surface area contributed by atoms with Crippen LogP contribution in [-0.2, 0) is 4.57 Å². The van der Waals surface area contributed by atoms with E-state index in [1.54, 1.807) is 36.4 Å². The fourth-order valence-corrected chi connectivity index (χ4v) is 4.44. The van der Waals surface area contributed by atoms with Crippen LogP contribution in [0, 0.1) is 0 Å². The van der Waals surface area contributed by atoms with Gasteiger partial charge in [-0.05, 0) is 70.8 Å². The van der Waals surface area contributed by atoms with Gasteiger partial charge in [0.1, 0.15) is 17.2 Å². The summed E-state index contributed by atoms with van der Waals surface area (Å²) in [7, 11) is -4.00. The van der Waals surface area contributed by atoms with Crippen LogP contribution in [0.4, 0.5) is 0 Å². The molecule has 6 heteroatoms. The van der Waals surface area contributed by atoms with E-state index in [0.717, 1.165) is 0 Å². The topological polar surface area (TPSA) is 79.8 Å². The van der Waals surface area contributed by atoms with E-state index in [2.05, 4.69) is 41.5 Å². The zero-order valence-electron chi connectivity index (χ0n) is 20.4. The van der Waals surface area contributed by atoms with Gasteiger partial charge in [0.15, 0.2) is 0 Å². The molecule has 0 amide bonds. The number of rotatable bonds is 9. The van der Waals surface area contributed by atoms with E-state index in [4.69, 9.17) is 13.6 Å². The SMILES string of the molecule is CC(C)c1ccc(OP(=O)(Oc2ccc(C(C)C)cc2)Oc2ccc(C(C)C)cc2)cc1.N. The Bertz CT molecular complexity index is 906. The summed E-state index contributed by atoms with van der Waals surface area (Å²) in [5.41, 5.74) is 3.51. The molecule has 0 unspecified atom stereocenters. The van der Waals surface area contributed by atoms with Crippen molar-refractivity contribution in [2.75, 3.05) is 0 Å². The molecule has 0 saturated carbocycles. The van der Waals surface area contributed by atoms with Gasteiger partial charge in [0.2, 0.25) is 0 Å². The lowest BCUT2D eigenvalue weighted by molar-refractivity contribution is 0.298. The summed E-state index contributed by atoms with van der Waals surface area (Å²) in [6, 6.07) is 22.5. The first-order valence-electron chi connectivity index (χ1n) is 11.1. The number of phosphoric acid groups is 1. The summed E-state index contributed by atoms with van der Waals surface area (Å²) in [4.78, 5) is 0. The summed E-state index contributed by atoms with van der Waals surface area (Å²) >= 11 is 0. The molecular formula is C27H36NO4P. The monoisotopic (exact) mass is 469 g/mol. The summed E-state index contributed by atoms with van der Waals surface area (Å²) in [5.74, 6) is 2.45. The van der Waals surface area contributed by atoms with E-state index in [-0.39, 0.29) is 6.15 Å². The standard InChI is InChI=1S/C27H33O4P.H3N/c1-19(2)22-7-13-25(14-8-22)29-32(28,30-26-15-9-23(10-16-26)20(3)4)31-27-17-11-24(12-18-27)21(5)6;/h7-21H,1-6H3;1H3. The number of phosphoric ester groups is 1. The largest absolute Gasteiger partial charge is 0.647 e. The van der Waals surface area contributed by atoms with Crippen molar-refractivity contribution in [3.63, 3.8) is 0 Å². The van der Waals surface area contributed by atoms with E-state index in [9.17, 15) is 4.57 Å². The van der Waals surface area contributed by atoms with Crippen molar-refractivity contribution in [2.24, 2.45) is 0 Å². The maximum atomic E-state index is 13.7. The zero-order chi connectivity index (χ0) is 23.3. The van der Waals surface area contributed by atoms with Gasteiger partial charge in [-0.25, -0.2) is 0 Å². The van der Waals surface area contributed by atoms with Crippen LogP contribution in [0.2, 0.25) is 0 Å². The van der Waals surface area contributed by atoms with Gasteiger partial charge in [-0.15, -0.1) is 0 Å². The molecule has 178 valence electrons. The molecule has 3 N–H and O–H groups in total. The molecular weight excluding hydrogens is 433 g/mol. The fourth-order valence-electron chi connectivity index (χ4n) is 3.18. The first kappa shape index (κ1) is 26.5. The number of hydrogen-bond donors (Lipinski definition) is 1. The first-order valence-corrected chi connectivity index (χ1v) is 12.6. The van der Waals surface area contributed by atoms with E-state index in [0.29, 0.717) is 35.0 Å². The summed E-state index contributed by atoms with van der Waals surface area (Å²) in [6.07, 6.45) is 0. The first-order chi connectivity index (χ1) is 15.1. The highest BCUT2D eigenvalue weighted by Gasteiger charge is 2.33. The molecule has 3 aromatic carbocycles. The van der Waals surface area contributed by atoms with Crippen molar-refractivity contribution in [1.82, 2.24) is 6.15 Å². The average molecular weight is 470 g/mol. The van der Waals surface area contributed by atoms with E-state index in [1.165, 1.54) is 16.7 Å². The minimum Gasteiger partial charge on any atom is -0.386 e. The van der Waals surface area contributed by atoms with Crippen molar-refractivity contribution < 1.29 is 18.1 Å². The minimum absolute atomic E-state index is 0. The highest BCUT2D eigenvalue weighted by atomic mass is 31.2. The molecule has 0 aliphatic rings. The Labute approximate surface area is 198 Å². The van der Waals surface area contributed by atoms with Crippen LogP contribution in [0.3, 0.4) is 0 Å². The molecule has 3 aromatic rings. The van der Waals surface area contributed by atoms with Gasteiger partial charge >= 0.3 is 7.82 Å². The number of hydrogen-bond acceptors (Lipinski definition) is 5. The fraction of sp³-hybridized carbons (Fsp3) is 0.333. The third-order valence-electron chi connectivity index (χ3n) is 5.29. The lowest BCUT2D eigenvalue weighted by atomic mass is 10.0. The van der Waals surface area contributed by atoms with Crippen molar-refractivity contribution in [3.05, 3.63) is 89.5 Å². The average Bonchev–Trinajstić information content (AvgIpc) is 2.74. The second-order valence-corrected chi connectivity index (χ2v) is 10.3. The Kier molecular flexibility index (Phi) is 9.16. The van der Waals surface area contributed by atoms with Gasteiger partial charge < -0.3 is 19.7 Å².